The SMILES string of the molecule is CC(=O)NCCN1Cc2nn3c(c2C[C@@H]1C)CN(c1ccc(C#N)n2ncc(F)c12)C[C@H]3C. The number of carbonyl (C=O) groups excluding carboxylic acids is 1. The molecule has 5 rings (SSSR count). The van der Waals surface area contributed by atoms with Crippen LogP contribution in [0.15, 0.2) is 18.3 Å². The number of halogens is 1. The molecule has 10 heteroatoms. The number of nitrogens with one attached hydrogen (secondary N) is 1. The van der Waals surface area contributed by atoms with Crippen LogP contribution in [0, 0.1) is 17.1 Å². The Hall–Kier alpha value is -3.45. The molecular formula is C23H27FN8O. The maximum atomic E-state index is 14.7. The van der Waals surface area contributed by atoms with Gasteiger partial charge in [-0.05, 0) is 32.4 Å². The summed E-state index contributed by atoms with van der Waals surface area (Å²) < 4.78 is 18.2. The summed E-state index contributed by atoms with van der Waals surface area (Å²) in [6, 6.07) is 6.03. The second kappa shape index (κ2) is 8.15. The molecule has 2 aliphatic rings. The van der Waals surface area contributed by atoms with E-state index >= 15 is 0 Å². The maximum absolute atomic E-state index is 14.7. The quantitative estimate of drug-likeness (QED) is 0.654. The van der Waals surface area contributed by atoms with Crippen molar-refractivity contribution in [2.75, 3.05) is 24.5 Å². The Bertz CT molecular complexity index is 1270. The molecule has 2 atom stereocenters. The Balaban J connectivity index is 1.45. The molecule has 1 amide bonds. The summed E-state index contributed by atoms with van der Waals surface area (Å²) in [5.41, 5.74) is 4.89. The minimum atomic E-state index is -0.431. The first-order valence-electron chi connectivity index (χ1n) is 11.3. The Morgan fingerprint density at radius 3 is 2.88 bits per heavy atom. The van der Waals surface area contributed by atoms with Crippen LogP contribution < -0.4 is 10.2 Å². The summed E-state index contributed by atoms with van der Waals surface area (Å²) >= 11 is 0. The molecule has 33 heavy (non-hydrogen) atoms. The monoisotopic (exact) mass is 450 g/mol. The first-order valence-corrected chi connectivity index (χ1v) is 11.3. The Labute approximate surface area is 191 Å². The zero-order valence-electron chi connectivity index (χ0n) is 19.0. The van der Waals surface area contributed by atoms with Crippen LogP contribution in [0.5, 0.6) is 0 Å². The molecule has 3 aromatic heterocycles. The number of pyridine rings is 1. The highest BCUT2D eigenvalue weighted by atomic mass is 19.1. The molecule has 0 bridgehead atoms. The van der Waals surface area contributed by atoms with Crippen LogP contribution in [-0.4, -0.2) is 55.9 Å². The largest absolute Gasteiger partial charge is 0.362 e. The van der Waals surface area contributed by atoms with Crippen molar-refractivity contribution in [1.29, 1.82) is 5.26 Å². The molecular weight excluding hydrogens is 423 g/mol. The molecule has 0 fully saturated rings. The predicted octanol–water partition coefficient (Wildman–Crippen LogP) is 2.01. The molecule has 0 saturated heterocycles. The van der Waals surface area contributed by atoms with Gasteiger partial charge in [0.2, 0.25) is 5.91 Å². The number of hydrogen-bond donors (Lipinski definition) is 1. The van der Waals surface area contributed by atoms with Crippen molar-refractivity contribution in [1.82, 2.24) is 29.6 Å². The summed E-state index contributed by atoms with van der Waals surface area (Å²) in [5.74, 6) is -0.447. The van der Waals surface area contributed by atoms with Crippen molar-refractivity contribution >= 4 is 17.1 Å². The van der Waals surface area contributed by atoms with Gasteiger partial charge in [0.1, 0.15) is 17.3 Å². The van der Waals surface area contributed by atoms with Gasteiger partial charge >= 0.3 is 0 Å². The van der Waals surface area contributed by atoms with Gasteiger partial charge in [0.05, 0.1) is 35.9 Å². The summed E-state index contributed by atoms with van der Waals surface area (Å²) in [6.45, 7) is 9.33. The number of amides is 1. The minimum absolute atomic E-state index is 0.0155. The van der Waals surface area contributed by atoms with Crippen LogP contribution in [0.25, 0.3) is 5.52 Å². The molecule has 172 valence electrons. The fourth-order valence-corrected chi connectivity index (χ4v) is 5.11. The second-order valence-corrected chi connectivity index (χ2v) is 9.02. The average molecular weight is 451 g/mol. The number of anilines is 1. The van der Waals surface area contributed by atoms with Gasteiger partial charge in [0.15, 0.2) is 5.82 Å². The summed E-state index contributed by atoms with van der Waals surface area (Å²) in [7, 11) is 0. The molecule has 0 spiro atoms. The topological polar surface area (TPSA) is 94.5 Å². The fourth-order valence-electron chi connectivity index (χ4n) is 5.11. The number of aromatic nitrogens is 4. The van der Waals surface area contributed by atoms with E-state index in [1.165, 1.54) is 22.7 Å². The van der Waals surface area contributed by atoms with Crippen molar-refractivity contribution in [3.8, 4) is 6.07 Å². The smallest absolute Gasteiger partial charge is 0.216 e. The molecule has 2 aliphatic heterocycles. The molecule has 0 saturated carbocycles. The minimum Gasteiger partial charge on any atom is -0.362 e. The van der Waals surface area contributed by atoms with Crippen molar-refractivity contribution < 1.29 is 9.18 Å². The van der Waals surface area contributed by atoms with Gasteiger partial charge in [0.25, 0.3) is 0 Å². The molecule has 0 aromatic carbocycles. The molecule has 0 radical (unpaired) electrons. The number of hydrogen-bond acceptors (Lipinski definition) is 6. The zero-order chi connectivity index (χ0) is 23.3. The van der Waals surface area contributed by atoms with Crippen molar-refractivity contribution in [3.05, 3.63) is 46.8 Å². The summed E-state index contributed by atoms with van der Waals surface area (Å²) in [4.78, 5) is 15.7. The van der Waals surface area contributed by atoms with E-state index in [0.717, 1.165) is 37.1 Å². The second-order valence-electron chi connectivity index (χ2n) is 9.02. The Morgan fingerprint density at radius 1 is 1.30 bits per heavy atom. The molecule has 5 heterocycles. The number of carbonyl (C=O) groups is 1. The summed E-state index contributed by atoms with van der Waals surface area (Å²) in [5, 5.41) is 21.3. The lowest BCUT2D eigenvalue weighted by atomic mass is 9.97. The third kappa shape index (κ3) is 3.62. The van der Waals surface area contributed by atoms with Gasteiger partial charge in [-0.15, -0.1) is 0 Å². The lowest BCUT2D eigenvalue weighted by Crippen LogP contribution is -2.43. The standard InChI is InChI=1S/C23H27FN8O/c1-14-8-18-20(12-29(14)7-6-26-16(3)33)28-31-15(2)11-30(13-22(18)31)21-5-4-17(9-25)32-23(21)19(24)10-27-32/h4-5,10,14-15H,6-8,11-13H2,1-3H3,(H,26,33)/t14-,15+/m0/s1. The first kappa shape index (κ1) is 21.4. The van der Waals surface area contributed by atoms with E-state index in [4.69, 9.17) is 5.10 Å². The van der Waals surface area contributed by atoms with Gasteiger partial charge in [0, 0.05) is 44.7 Å². The first-order chi connectivity index (χ1) is 15.9. The highest BCUT2D eigenvalue weighted by Crippen LogP contribution is 2.35. The van der Waals surface area contributed by atoms with Crippen LogP contribution in [0.2, 0.25) is 0 Å². The Kier molecular flexibility index (Phi) is 5.29. The van der Waals surface area contributed by atoms with Crippen LogP contribution in [-0.2, 0) is 24.3 Å². The fraction of sp³-hybridized carbons (Fsp3) is 0.478. The maximum Gasteiger partial charge on any atom is 0.216 e. The molecule has 0 aliphatic carbocycles. The van der Waals surface area contributed by atoms with Gasteiger partial charge in [-0.25, -0.2) is 8.91 Å². The van der Waals surface area contributed by atoms with E-state index in [0.29, 0.717) is 36.9 Å². The third-order valence-electron chi connectivity index (χ3n) is 6.74. The number of rotatable bonds is 4. The van der Waals surface area contributed by atoms with E-state index in [9.17, 15) is 14.4 Å². The lowest BCUT2D eigenvalue weighted by Gasteiger charge is -2.36. The zero-order valence-corrected chi connectivity index (χ0v) is 19.0. The lowest BCUT2D eigenvalue weighted by molar-refractivity contribution is -0.119. The predicted molar refractivity (Wildman–Crippen MR) is 120 cm³/mol. The average Bonchev–Trinajstić information content (AvgIpc) is 3.34. The highest BCUT2D eigenvalue weighted by molar-refractivity contribution is 5.75. The van der Waals surface area contributed by atoms with Crippen molar-refractivity contribution in [2.45, 2.75) is 52.4 Å². The van der Waals surface area contributed by atoms with Crippen molar-refractivity contribution in [3.63, 3.8) is 0 Å². The number of fused-ring (bicyclic) bond motifs is 4. The normalized spacial score (nSPS) is 20.4. The number of nitriles is 1. The molecule has 0 unspecified atom stereocenters. The van der Waals surface area contributed by atoms with Crippen LogP contribution in [0.4, 0.5) is 10.1 Å². The molecule has 3 aromatic rings. The van der Waals surface area contributed by atoms with Crippen molar-refractivity contribution in [2.24, 2.45) is 0 Å². The van der Waals surface area contributed by atoms with E-state index in [-0.39, 0.29) is 11.9 Å². The molecule has 9 nitrogen and oxygen atoms in total. The van der Waals surface area contributed by atoms with E-state index in [1.807, 2.05) is 6.07 Å². The Morgan fingerprint density at radius 2 is 2.12 bits per heavy atom. The van der Waals surface area contributed by atoms with Crippen LogP contribution >= 0.6 is 0 Å². The van der Waals surface area contributed by atoms with Crippen LogP contribution in [0.3, 0.4) is 0 Å². The van der Waals surface area contributed by atoms with Crippen LogP contribution in [0.1, 0.15) is 49.5 Å². The summed E-state index contributed by atoms with van der Waals surface area (Å²) in [6.07, 6.45) is 2.05. The van der Waals surface area contributed by atoms with Gasteiger partial charge in [-0.1, -0.05) is 0 Å². The van der Waals surface area contributed by atoms with Gasteiger partial charge in [-0.3, -0.25) is 14.4 Å². The van der Waals surface area contributed by atoms with E-state index in [2.05, 4.69) is 44.8 Å². The van der Waals surface area contributed by atoms with E-state index in [1.54, 1.807) is 6.07 Å². The van der Waals surface area contributed by atoms with Gasteiger partial charge in [-0.2, -0.15) is 15.5 Å². The highest BCUT2D eigenvalue weighted by Gasteiger charge is 2.34. The molecule has 1 N–H and O–H groups in total. The van der Waals surface area contributed by atoms with E-state index < -0.39 is 5.82 Å². The number of nitrogens with zero attached hydrogens (tertiary/aromatic N) is 7. The third-order valence-corrected chi connectivity index (χ3v) is 6.74. The van der Waals surface area contributed by atoms with Gasteiger partial charge < -0.3 is 10.2 Å².